The van der Waals surface area contributed by atoms with E-state index in [1.807, 2.05) is 0 Å². The molecule has 0 bridgehead atoms. The topological polar surface area (TPSA) is 47.7 Å². The average Bonchev–Trinajstić information content (AvgIpc) is 3.03. The molecule has 0 aromatic rings. The standard InChI is InChI=1S/C15H30N2P2/c1-4-12-8-6-10-18(12)14(16)15(17)19(3)11-7-9-13(19)5-2/h12-13,16-17,19H,4-11H2,1-3H3/t12-,13-,18?/m1/s1. The monoisotopic (exact) mass is 300 g/mol. The Morgan fingerprint density at radius 1 is 1.16 bits per heavy atom. The Morgan fingerprint density at radius 3 is 2.53 bits per heavy atom. The van der Waals surface area contributed by atoms with E-state index in [-0.39, 0.29) is 7.92 Å². The molecule has 0 aliphatic carbocycles. The fraction of sp³-hybridized carbons (Fsp3) is 0.867. The van der Waals surface area contributed by atoms with Crippen LogP contribution >= 0.6 is 15.2 Å². The van der Waals surface area contributed by atoms with Crippen LogP contribution in [-0.4, -0.2) is 41.2 Å². The number of nitrogens with one attached hydrogen (secondary N) is 2. The SMILES string of the molecule is CC[C@@H]1CCCP1C(=N)C(=N)[PH]1(C)CCC[C@H]1CC. The molecule has 4 heteroatoms. The zero-order valence-corrected chi connectivity index (χ0v) is 14.7. The van der Waals surface area contributed by atoms with Crippen LogP contribution in [-0.2, 0) is 0 Å². The van der Waals surface area contributed by atoms with Crippen molar-refractivity contribution in [3.8, 4) is 0 Å². The van der Waals surface area contributed by atoms with E-state index >= 15 is 0 Å². The minimum absolute atomic E-state index is 0.288. The predicted octanol–water partition coefficient (Wildman–Crippen LogP) is 4.95. The second-order valence-corrected chi connectivity index (χ2v) is 13.8. The Balaban J connectivity index is 2.12. The fourth-order valence-corrected chi connectivity index (χ4v) is 12.4. The summed E-state index contributed by atoms with van der Waals surface area (Å²) in [6.07, 6.45) is 10.2. The van der Waals surface area contributed by atoms with Crippen LogP contribution in [0.4, 0.5) is 0 Å². The van der Waals surface area contributed by atoms with Crippen molar-refractivity contribution >= 4 is 26.1 Å². The summed E-state index contributed by atoms with van der Waals surface area (Å²) in [5.41, 5.74) is 3.19. The van der Waals surface area contributed by atoms with Crippen molar-refractivity contribution in [1.82, 2.24) is 0 Å². The number of hydrogen-bond acceptors (Lipinski definition) is 2. The van der Waals surface area contributed by atoms with Crippen LogP contribution in [0.1, 0.15) is 52.4 Å². The van der Waals surface area contributed by atoms with E-state index in [1.165, 1.54) is 50.8 Å². The van der Waals surface area contributed by atoms with E-state index in [9.17, 15) is 0 Å². The van der Waals surface area contributed by atoms with Crippen LogP contribution in [0.25, 0.3) is 0 Å². The van der Waals surface area contributed by atoms with Crippen molar-refractivity contribution in [3.63, 3.8) is 0 Å². The quantitative estimate of drug-likeness (QED) is 0.533. The molecule has 2 nitrogen and oxygen atoms in total. The first-order valence-electron chi connectivity index (χ1n) is 7.99. The molecule has 110 valence electrons. The Bertz CT molecular complexity index is 369. The van der Waals surface area contributed by atoms with Crippen molar-refractivity contribution in [1.29, 1.82) is 10.8 Å². The van der Waals surface area contributed by atoms with Gasteiger partial charge in [0.25, 0.3) is 0 Å². The predicted molar refractivity (Wildman–Crippen MR) is 93.0 cm³/mol. The molecule has 0 spiro atoms. The van der Waals surface area contributed by atoms with Gasteiger partial charge in [-0.05, 0) is 0 Å². The van der Waals surface area contributed by atoms with Gasteiger partial charge in [0.2, 0.25) is 0 Å². The van der Waals surface area contributed by atoms with Gasteiger partial charge in [-0.1, -0.05) is 0 Å². The van der Waals surface area contributed by atoms with E-state index in [0.717, 1.165) is 22.2 Å². The third kappa shape index (κ3) is 2.81. The van der Waals surface area contributed by atoms with E-state index in [0.29, 0.717) is 0 Å². The Kier molecular flexibility index (Phi) is 5.18. The van der Waals surface area contributed by atoms with Gasteiger partial charge in [-0.25, -0.2) is 0 Å². The third-order valence-corrected chi connectivity index (χ3v) is 14.2. The number of hydrogen-bond donors (Lipinski definition) is 2. The van der Waals surface area contributed by atoms with Crippen LogP contribution in [0.5, 0.6) is 0 Å². The van der Waals surface area contributed by atoms with Gasteiger partial charge in [-0.15, -0.1) is 0 Å². The van der Waals surface area contributed by atoms with E-state index < -0.39 is 7.26 Å². The molecule has 19 heavy (non-hydrogen) atoms. The van der Waals surface area contributed by atoms with Gasteiger partial charge in [0.1, 0.15) is 0 Å². The molecule has 2 N–H and O–H groups in total. The van der Waals surface area contributed by atoms with E-state index in [1.54, 1.807) is 0 Å². The van der Waals surface area contributed by atoms with Crippen molar-refractivity contribution in [2.45, 2.75) is 63.7 Å². The molecule has 0 radical (unpaired) electrons. The summed E-state index contributed by atoms with van der Waals surface area (Å²) in [6.45, 7) is 6.96. The van der Waals surface area contributed by atoms with E-state index in [4.69, 9.17) is 10.8 Å². The first-order valence-corrected chi connectivity index (χ1v) is 12.4. The molecule has 2 aliphatic heterocycles. The van der Waals surface area contributed by atoms with Crippen molar-refractivity contribution in [3.05, 3.63) is 0 Å². The van der Waals surface area contributed by atoms with Gasteiger partial charge in [0, 0.05) is 0 Å². The third-order valence-electron chi connectivity index (χ3n) is 5.59. The second-order valence-electron chi connectivity index (χ2n) is 6.54. The molecular weight excluding hydrogens is 270 g/mol. The van der Waals surface area contributed by atoms with Crippen LogP contribution in [0, 0.1) is 10.8 Å². The van der Waals surface area contributed by atoms with Crippen LogP contribution in [0.3, 0.4) is 0 Å². The second kappa shape index (κ2) is 6.31. The first-order chi connectivity index (χ1) is 9.04. The molecule has 0 aromatic carbocycles. The first kappa shape index (κ1) is 15.6. The summed E-state index contributed by atoms with van der Waals surface area (Å²) >= 11 is 0. The summed E-state index contributed by atoms with van der Waals surface area (Å²) < 4.78 is 0. The summed E-state index contributed by atoms with van der Waals surface area (Å²) in [5, 5.41) is 17.3. The molecule has 2 heterocycles. The summed E-state index contributed by atoms with van der Waals surface area (Å²) in [7, 11) is -1.90. The molecule has 1 unspecified atom stereocenters. The Morgan fingerprint density at radius 2 is 1.89 bits per heavy atom. The van der Waals surface area contributed by atoms with Crippen LogP contribution in [0.15, 0.2) is 0 Å². The molecule has 2 fully saturated rings. The molecule has 0 aromatic heterocycles. The molecule has 0 amide bonds. The van der Waals surface area contributed by atoms with Crippen LogP contribution in [0.2, 0.25) is 0 Å². The molecule has 3 atom stereocenters. The van der Waals surface area contributed by atoms with Crippen molar-refractivity contribution in [2.75, 3.05) is 19.0 Å². The zero-order valence-electron chi connectivity index (χ0n) is 12.8. The van der Waals surface area contributed by atoms with Crippen molar-refractivity contribution < 1.29 is 0 Å². The number of rotatable bonds is 5. The maximum absolute atomic E-state index is 8.71. The maximum atomic E-state index is 8.71. The fourth-order valence-electron chi connectivity index (χ4n) is 4.19. The van der Waals surface area contributed by atoms with Gasteiger partial charge >= 0.3 is 120 Å². The molecule has 2 saturated heterocycles. The Hall–Kier alpha value is 0.200. The minimum atomic E-state index is -1.62. The summed E-state index contributed by atoms with van der Waals surface area (Å²) in [6, 6.07) is 0. The van der Waals surface area contributed by atoms with Gasteiger partial charge in [0.15, 0.2) is 0 Å². The Labute approximate surface area is 120 Å². The van der Waals surface area contributed by atoms with Gasteiger partial charge in [-0.2, -0.15) is 0 Å². The van der Waals surface area contributed by atoms with Gasteiger partial charge in [0.05, 0.1) is 0 Å². The molecule has 2 aliphatic rings. The van der Waals surface area contributed by atoms with Gasteiger partial charge in [-0.3, -0.25) is 0 Å². The molecule has 2 rings (SSSR count). The van der Waals surface area contributed by atoms with E-state index in [2.05, 4.69) is 20.5 Å². The van der Waals surface area contributed by atoms with Gasteiger partial charge < -0.3 is 0 Å². The summed E-state index contributed by atoms with van der Waals surface area (Å²) in [5.74, 6) is 0. The van der Waals surface area contributed by atoms with Crippen LogP contribution < -0.4 is 0 Å². The normalized spacial score (nSPS) is 35.2. The average molecular weight is 300 g/mol. The van der Waals surface area contributed by atoms with Crippen molar-refractivity contribution in [2.24, 2.45) is 0 Å². The molecule has 0 saturated carbocycles. The zero-order chi connectivity index (χ0) is 14.0. The summed E-state index contributed by atoms with van der Waals surface area (Å²) in [4.78, 5) is 0. The molecular formula is C15H30N2P2.